The fourth-order valence-electron chi connectivity index (χ4n) is 3.02. The number of rotatable bonds is 5. The molecule has 2 saturated carbocycles. The molecule has 0 saturated heterocycles. The SMILES string of the molecule is CCC[C@@H](NC(=O)C1C2CCCC21)C(=O)O. The van der Waals surface area contributed by atoms with Gasteiger partial charge in [0.05, 0.1) is 0 Å². The van der Waals surface area contributed by atoms with E-state index in [2.05, 4.69) is 5.32 Å². The lowest BCUT2D eigenvalue weighted by Gasteiger charge is -2.14. The van der Waals surface area contributed by atoms with E-state index >= 15 is 0 Å². The van der Waals surface area contributed by atoms with E-state index < -0.39 is 12.0 Å². The summed E-state index contributed by atoms with van der Waals surface area (Å²) < 4.78 is 0. The van der Waals surface area contributed by atoms with Crippen LogP contribution in [0.3, 0.4) is 0 Å². The van der Waals surface area contributed by atoms with E-state index in [1.807, 2.05) is 6.92 Å². The molecule has 0 radical (unpaired) electrons. The molecular weight excluding hydrogens is 206 g/mol. The van der Waals surface area contributed by atoms with Gasteiger partial charge in [0.15, 0.2) is 0 Å². The molecule has 0 spiro atoms. The predicted octanol–water partition coefficient (Wildman–Crippen LogP) is 1.40. The van der Waals surface area contributed by atoms with Gasteiger partial charge >= 0.3 is 5.97 Å². The number of hydrogen-bond acceptors (Lipinski definition) is 2. The van der Waals surface area contributed by atoms with Gasteiger partial charge in [-0.1, -0.05) is 19.8 Å². The van der Waals surface area contributed by atoms with Gasteiger partial charge in [0, 0.05) is 5.92 Å². The first-order valence-electron chi connectivity index (χ1n) is 6.18. The van der Waals surface area contributed by atoms with Crippen molar-refractivity contribution in [2.75, 3.05) is 0 Å². The molecule has 4 nitrogen and oxygen atoms in total. The van der Waals surface area contributed by atoms with E-state index in [1.165, 1.54) is 6.42 Å². The number of carbonyl (C=O) groups is 2. The second kappa shape index (κ2) is 4.44. The van der Waals surface area contributed by atoms with E-state index in [0.717, 1.165) is 19.3 Å². The Morgan fingerprint density at radius 2 is 2.00 bits per heavy atom. The molecule has 0 heterocycles. The van der Waals surface area contributed by atoms with E-state index in [0.29, 0.717) is 18.3 Å². The summed E-state index contributed by atoms with van der Waals surface area (Å²) in [4.78, 5) is 22.7. The largest absolute Gasteiger partial charge is 0.480 e. The summed E-state index contributed by atoms with van der Waals surface area (Å²) in [6.07, 6.45) is 4.82. The molecule has 0 aromatic heterocycles. The monoisotopic (exact) mass is 225 g/mol. The van der Waals surface area contributed by atoms with Gasteiger partial charge in [0.2, 0.25) is 5.91 Å². The first kappa shape index (κ1) is 11.4. The first-order chi connectivity index (χ1) is 7.65. The Morgan fingerprint density at radius 1 is 1.38 bits per heavy atom. The fourth-order valence-corrected chi connectivity index (χ4v) is 3.02. The minimum absolute atomic E-state index is 0.0319. The van der Waals surface area contributed by atoms with Crippen molar-refractivity contribution in [2.45, 2.75) is 45.1 Å². The minimum Gasteiger partial charge on any atom is -0.480 e. The molecule has 2 unspecified atom stereocenters. The summed E-state index contributed by atoms with van der Waals surface area (Å²) in [7, 11) is 0. The van der Waals surface area contributed by atoms with Gasteiger partial charge in [-0.2, -0.15) is 0 Å². The molecule has 16 heavy (non-hydrogen) atoms. The van der Waals surface area contributed by atoms with Crippen molar-refractivity contribution in [1.29, 1.82) is 0 Å². The van der Waals surface area contributed by atoms with E-state index in [-0.39, 0.29) is 11.8 Å². The fraction of sp³-hybridized carbons (Fsp3) is 0.833. The zero-order valence-electron chi connectivity index (χ0n) is 9.61. The third-order valence-corrected chi connectivity index (χ3v) is 3.90. The summed E-state index contributed by atoms with van der Waals surface area (Å²) in [6, 6.07) is -0.696. The van der Waals surface area contributed by atoms with Crippen LogP contribution < -0.4 is 5.32 Å². The number of aliphatic carboxylic acids is 1. The van der Waals surface area contributed by atoms with Crippen LogP contribution in [-0.4, -0.2) is 23.0 Å². The Hall–Kier alpha value is -1.06. The van der Waals surface area contributed by atoms with Crippen molar-refractivity contribution in [3.05, 3.63) is 0 Å². The molecule has 90 valence electrons. The quantitative estimate of drug-likeness (QED) is 0.743. The minimum atomic E-state index is -0.916. The van der Waals surface area contributed by atoms with Crippen molar-refractivity contribution >= 4 is 11.9 Å². The molecule has 0 bridgehead atoms. The van der Waals surface area contributed by atoms with Crippen LogP contribution in [0.2, 0.25) is 0 Å². The van der Waals surface area contributed by atoms with Gasteiger partial charge < -0.3 is 10.4 Å². The van der Waals surface area contributed by atoms with Crippen molar-refractivity contribution in [1.82, 2.24) is 5.32 Å². The average Bonchev–Trinajstić information content (AvgIpc) is 2.72. The highest BCUT2D eigenvalue weighted by atomic mass is 16.4. The molecule has 3 atom stereocenters. The number of hydrogen-bond donors (Lipinski definition) is 2. The predicted molar refractivity (Wildman–Crippen MR) is 58.8 cm³/mol. The first-order valence-corrected chi connectivity index (χ1v) is 6.18. The maximum atomic E-state index is 11.8. The molecule has 2 aliphatic carbocycles. The van der Waals surface area contributed by atoms with Gasteiger partial charge in [0.1, 0.15) is 6.04 Å². The Kier molecular flexibility index (Phi) is 3.17. The summed E-state index contributed by atoms with van der Waals surface area (Å²) >= 11 is 0. The van der Waals surface area contributed by atoms with Crippen LogP contribution in [0.5, 0.6) is 0 Å². The number of carboxylic acid groups (broad SMARTS) is 1. The van der Waals surface area contributed by atoms with Crippen LogP contribution in [0.25, 0.3) is 0 Å². The van der Waals surface area contributed by atoms with Crippen LogP contribution in [-0.2, 0) is 9.59 Å². The van der Waals surface area contributed by atoms with Gasteiger partial charge in [-0.15, -0.1) is 0 Å². The third-order valence-electron chi connectivity index (χ3n) is 3.90. The molecule has 0 aromatic carbocycles. The molecular formula is C12H19NO3. The third kappa shape index (κ3) is 2.06. The van der Waals surface area contributed by atoms with Crippen LogP contribution in [0.1, 0.15) is 39.0 Å². The summed E-state index contributed by atoms with van der Waals surface area (Å²) in [5.74, 6) is 0.274. The highest BCUT2D eigenvalue weighted by molar-refractivity contribution is 5.87. The van der Waals surface area contributed by atoms with E-state index in [9.17, 15) is 9.59 Å². The Labute approximate surface area is 95.4 Å². The molecule has 2 rings (SSSR count). The Morgan fingerprint density at radius 3 is 2.50 bits per heavy atom. The Balaban J connectivity index is 1.84. The van der Waals surface area contributed by atoms with Gasteiger partial charge in [-0.3, -0.25) is 4.79 Å². The van der Waals surface area contributed by atoms with E-state index in [1.54, 1.807) is 0 Å². The van der Waals surface area contributed by atoms with Crippen molar-refractivity contribution in [3.8, 4) is 0 Å². The van der Waals surface area contributed by atoms with Crippen molar-refractivity contribution in [2.24, 2.45) is 17.8 Å². The van der Waals surface area contributed by atoms with Gasteiger partial charge in [-0.25, -0.2) is 4.79 Å². The maximum absolute atomic E-state index is 11.8. The molecule has 1 amide bonds. The smallest absolute Gasteiger partial charge is 0.326 e. The molecule has 2 aliphatic rings. The van der Waals surface area contributed by atoms with Gasteiger partial charge in [-0.05, 0) is 31.1 Å². The lowest BCUT2D eigenvalue weighted by Crippen LogP contribution is -2.42. The van der Waals surface area contributed by atoms with Crippen LogP contribution >= 0.6 is 0 Å². The van der Waals surface area contributed by atoms with Crippen molar-refractivity contribution in [3.63, 3.8) is 0 Å². The lowest BCUT2D eigenvalue weighted by molar-refractivity contribution is -0.142. The summed E-state index contributed by atoms with van der Waals surface area (Å²) in [5, 5.41) is 11.6. The number of fused-ring (bicyclic) bond motifs is 1. The normalized spacial score (nSPS) is 32.9. The van der Waals surface area contributed by atoms with Gasteiger partial charge in [0.25, 0.3) is 0 Å². The second-order valence-corrected chi connectivity index (χ2v) is 4.97. The zero-order chi connectivity index (χ0) is 11.7. The number of carbonyl (C=O) groups excluding carboxylic acids is 1. The van der Waals surface area contributed by atoms with Crippen molar-refractivity contribution < 1.29 is 14.7 Å². The lowest BCUT2D eigenvalue weighted by atomic mass is 10.1. The average molecular weight is 225 g/mol. The highest BCUT2D eigenvalue weighted by Gasteiger charge is 2.56. The van der Waals surface area contributed by atoms with Crippen LogP contribution in [0.4, 0.5) is 0 Å². The Bertz CT molecular complexity index is 293. The molecule has 2 N–H and O–H groups in total. The number of amides is 1. The van der Waals surface area contributed by atoms with Crippen LogP contribution in [0, 0.1) is 17.8 Å². The highest BCUT2D eigenvalue weighted by Crippen LogP contribution is 2.57. The standard InChI is InChI=1S/C12H19NO3/c1-2-4-9(12(15)16)13-11(14)10-7-5-3-6-8(7)10/h7-10H,2-6H2,1H3,(H,13,14)(H,15,16)/t7?,8?,9-,10?/m1/s1. The molecule has 0 aromatic rings. The summed E-state index contributed by atoms with van der Waals surface area (Å²) in [5.41, 5.74) is 0. The zero-order valence-corrected chi connectivity index (χ0v) is 9.61. The number of carboxylic acids is 1. The topological polar surface area (TPSA) is 66.4 Å². The molecule has 2 fully saturated rings. The van der Waals surface area contributed by atoms with Crippen LogP contribution in [0.15, 0.2) is 0 Å². The van der Waals surface area contributed by atoms with E-state index in [4.69, 9.17) is 5.11 Å². The molecule has 0 aliphatic heterocycles. The summed E-state index contributed by atoms with van der Waals surface area (Å²) in [6.45, 7) is 1.92. The second-order valence-electron chi connectivity index (χ2n) is 4.97. The number of nitrogens with one attached hydrogen (secondary N) is 1. The maximum Gasteiger partial charge on any atom is 0.326 e. The molecule has 4 heteroatoms.